The van der Waals surface area contributed by atoms with Crippen molar-refractivity contribution in [1.82, 2.24) is 9.97 Å². The van der Waals surface area contributed by atoms with Crippen LogP contribution in [0.1, 0.15) is 5.56 Å². The molecule has 134 valence electrons. The molecular weight excluding hydrogens is 371 g/mol. The number of aromatic nitrogens is 2. The third-order valence-corrected chi connectivity index (χ3v) is 4.34. The van der Waals surface area contributed by atoms with Gasteiger partial charge in [0.15, 0.2) is 0 Å². The smallest absolute Gasteiger partial charge is 0.229 e. The molecule has 0 unspecified atom stereocenters. The van der Waals surface area contributed by atoms with E-state index < -0.39 is 0 Å². The summed E-state index contributed by atoms with van der Waals surface area (Å²) in [5, 5.41) is 7.37. The topological polar surface area (TPSA) is 59.1 Å². The SMILES string of the molecule is COc1cccc(CCNc2ccnc(Nc3c(Cl)cccc3Cl)n2)c1. The van der Waals surface area contributed by atoms with Crippen molar-refractivity contribution in [2.45, 2.75) is 6.42 Å². The van der Waals surface area contributed by atoms with E-state index in [-0.39, 0.29) is 0 Å². The normalized spacial score (nSPS) is 10.4. The molecule has 1 aromatic heterocycles. The van der Waals surface area contributed by atoms with Crippen molar-refractivity contribution in [2.24, 2.45) is 0 Å². The van der Waals surface area contributed by atoms with Gasteiger partial charge in [-0.1, -0.05) is 41.4 Å². The summed E-state index contributed by atoms with van der Waals surface area (Å²) in [6.45, 7) is 0.733. The molecule has 0 atom stereocenters. The molecule has 0 aliphatic carbocycles. The standard InChI is InChI=1S/C19H18Cl2N4O/c1-26-14-5-2-4-13(12-14)8-10-22-17-9-11-23-19(24-17)25-18-15(20)6-3-7-16(18)21/h2-7,9,11-12H,8,10H2,1H3,(H2,22,23,24,25). The van der Waals surface area contributed by atoms with Gasteiger partial charge in [-0.15, -0.1) is 0 Å². The van der Waals surface area contributed by atoms with Crippen molar-refractivity contribution in [3.05, 3.63) is 70.3 Å². The quantitative estimate of drug-likeness (QED) is 0.582. The number of nitrogens with one attached hydrogen (secondary N) is 2. The maximum atomic E-state index is 6.17. The van der Waals surface area contributed by atoms with Gasteiger partial charge in [-0.05, 0) is 42.3 Å². The van der Waals surface area contributed by atoms with Crippen molar-refractivity contribution < 1.29 is 4.74 Å². The van der Waals surface area contributed by atoms with E-state index in [1.807, 2.05) is 24.3 Å². The molecule has 0 aliphatic rings. The molecule has 0 bridgehead atoms. The third-order valence-electron chi connectivity index (χ3n) is 3.71. The lowest BCUT2D eigenvalue weighted by Crippen LogP contribution is -2.08. The number of halogens is 2. The van der Waals surface area contributed by atoms with Gasteiger partial charge in [0.2, 0.25) is 5.95 Å². The molecule has 0 radical (unpaired) electrons. The zero-order valence-corrected chi connectivity index (χ0v) is 15.7. The Kier molecular flexibility index (Phi) is 6.15. The average Bonchev–Trinajstić information content (AvgIpc) is 2.65. The highest BCUT2D eigenvalue weighted by Gasteiger charge is 2.07. The van der Waals surface area contributed by atoms with Crippen molar-refractivity contribution in [3.8, 4) is 5.75 Å². The predicted octanol–water partition coefficient (Wildman–Crippen LogP) is 5.19. The van der Waals surface area contributed by atoms with Crippen LogP contribution >= 0.6 is 23.2 Å². The van der Waals surface area contributed by atoms with Crippen LogP contribution in [0.5, 0.6) is 5.75 Å². The maximum Gasteiger partial charge on any atom is 0.229 e. The van der Waals surface area contributed by atoms with Crippen LogP contribution in [0.4, 0.5) is 17.5 Å². The van der Waals surface area contributed by atoms with Crippen molar-refractivity contribution in [2.75, 3.05) is 24.3 Å². The number of ether oxygens (including phenoxy) is 1. The molecular formula is C19H18Cl2N4O. The summed E-state index contributed by atoms with van der Waals surface area (Å²) in [5.41, 5.74) is 1.77. The highest BCUT2D eigenvalue weighted by molar-refractivity contribution is 6.39. The highest BCUT2D eigenvalue weighted by atomic mass is 35.5. The molecule has 0 fully saturated rings. The van der Waals surface area contributed by atoms with Gasteiger partial charge in [0.25, 0.3) is 0 Å². The van der Waals surface area contributed by atoms with Crippen molar-refractivity contribution >= 4 is 40.7 Å². The minimum Gasteiger partial charge on any atom is -0.497 e. The Hall–Kier alpha value is -2.50. The zero-order valence-electron chi connectivity index (χ0n) is 14.2. The molecule has 0 saturated heterocycles. The first-order valence-corrected chi connectivity index (χ1v) is 8.82. The van der Waals surface area contributed by atoms with Gasteiger partial charge in [0, 0.05) is 12.7 Å². The first-order valence-electron chi connectivity index (χ1n) is 8.06. The van der Waals surface area contributed by atoms with Gasteiger partial charge in [0.05, 0.1) is 22.8 Å². The Balaban J connectivity index is 1.62. The van der Waals surface area contributed by atoms with Crippen molar-refractivity contribution in [3.63, 3.8) is 0 Å². The fourth-order valence-electron chi connectivity index (χ4n) is 2.41. The van der Waals surface area contributed by atoms with Gasteiger partial charge in [0.1, 0.15) is 11.6 Å². The minimum atomic E-state index is 0.423. The highest BCUT2D eigenvalue weighted by Crippen LogP contribution is 2.31. The first-order chi connectivity index (χ1) is 12.7. The number of anilines is 3. The third kappa shape index (κ3) is 4.77. The molecule has 7 heteroatoms. The van der Waals surface area contributed by atoms with Crippen LogP contribution in [0.25, 0.3) is 0 Å². The second-order valence-corrected chi connectivity index (χ2v) is 6.33. The molecule has 3 aromatic rings. The second-order valence-electron chi connectivity index (χ2n) is 5.52. The van der Waals surface area contributed by atoms with Gasteiger partial charge in [-0.3, -0.25) is 0 Å². The largest absolute Gasteiger partial charge is 0.497 e. The Bertz CT molecular complexity index is 869. The summed E-state index contributed by atoms with van der Waals surface area (Å²) in [7, 11) is 1.66. The van der Waals surface area contributed by atoms with E-state index >= 15 is 0 Å². The number of hydrogen-bond donors (Lipinski definition) is 2. The zero-order chi connectivity index (χ0) is 18.4. The van der Waals surface area contributed by atoms with E-state index in [9.17, 15) is 0 Å². The van der Waals surface area contributed by atoms with E-state index in [0.717, 1.165) is 18.7 Å². The second kappa shape index (κ2) is 8.74. The summed E-state index contributed by atoms with van der Waals surface area (Å²) in [6, 6.07) is 15.1. The van der Waals surface area contributed by atoms with Gasteiger partial charge in [-0.25, -0.2) is 4.98 Å². The average molecular weight is 389 g/mol. The van der Waals surface area contributed by atoms with Crippen LogP contribution in [0.3, 0.4) is 0 Å². The molecule has 0 saturated carbocycles. The first kappa shape index (κ1) is 18.3. The number of hydrogen-bond acceptors (Lipinski definition) is 5. The fraction of sp³-hybridized carbons (Fsp3) is 0.158. The van der Waals surface area contributed by atoms with Crippen molar-refractivity contribution in [1.29, 1.82) is 0 Å². The number of nitrogens with zero attached hydrogens (tertiary/aromatic N) is 2. The summed E-state index contributed by atoms with van der Waals surface area (Å²) < 4.78 is 5.24. The number of benzene rings is 2. The van der Waals surface area contributed by atoms with Crippen LogP contribution in [0.2, 0.25) is 10.0 Å². The predicted molar refractivity (Wildman–Crippen MR) is 107 cm³/mol. The summed E-state index contributed by atoms with van der Waals surface area (Å²) in [6.07, 6.45) is 2.52. The number of methoxy groups -OCH3 is 1. The molecule has 1 heterocycles. The van der Waals surface area contributed by atoms with Crippen LogP contribution in [0, 0.1) is 0 Å². The molecule has 0 amide bonds. The monoisotopic (exact) mass is 388 g/mol. The molecule has 2 N–H and O–H groups in total. The molecule has 0 aliphatic heterocycles. The molecule has 5 nitrogen and oxygen atoms in total. The minimum absolute atomic E-state index is 0.423. The van der Waals surface area contributed by atoms with Crippen LogP contribution < -0.4 is 15.4 Å². The van der Waals surface area contributed by atoms with Crippen LogP contribution in [0.15, 0.2) is 54.7 Å². The summed E-state index contributed by atoms with van der Waals surface area (Å²) in [4.78, 5) is 8.65. The molecule has 0 spiro atoms. The van der Waals surface area contributed by atoms with E-state index in [4.69, 9.17) is 27.9 Å². The van der Waals surface area contributed by atoms with E-state index in [0.29, 0.717) is 27.5 Å². The van der Waals surface area contributed by atoms with E-state index in [1.54, 1.807) is 31.5 Å². The Morgan fingerprint density at radius 3 is 2.58 bits per heavy atom. The summed E-state index contributed by atoms with van der Waals surface area (Å²) in [5.74, 6) is 1.99. The van der Waals surface area contributed by atoms with E-state index in [1.165, 1.54) is 5.56 Å². The van der Waals surface area contributed by atoms with Gasteiger partial charge >= 0.3 is 0 Å². The van der Waals surface area contributed by atoms with E-state index in [2.05, 4.69) is 26.7 Å². The molecule has 2 aromatic carbocycles. The lowest BCUT2D eigenvalue weighted by atomic mass is 10.1. The lowest BCUT2D eigenvalue weighted by molar-refractivity contribution is 0.414. The summed E-state index contributed by atoms with van der Waals surface area (Å²) >= 11 is 12.3. The number of rotatable bonds is 7. The fourth-order valence-corrected chi connectivity index (χ4v) is 2.90. The van der Waals surface area contributed by atoms with Crippen LogP contribution in [-0.4, -0.2) is 23.6 Å². The van der Waals surface area contributed by atoms with Gasteiger partial charge in [-0.2, -0.15) is 4.98 Å². The molecule has 3 rings (SSSR count). The van der Waals surface area contributed by atoms with Gasteiger partial charge < -0.3 is 15.4 Å². The Morgan fingerprint density at radius 1 is 1.04 bits per heavy atom. The maximum absolute atomic E-state index is 6.17. The Labute approximate surface area is 162 Å². The number of para-hydroxylation sites is 1. The Morgan fingerprint density at radius 2 is 1.81 bits per heavy atom. The van der Waals surface area contributed by atoms with Crippen LogP contribution in [-0.2, 0) is 6.42 Å². The molecule has 26 heavy (non-hydrogen) atoms. The lowest BCUT2D eigenvalue weighted by Gasteiger charge is -2.11.